The third-order valence-corrected chi connectivity index (χ3v) is 4.83. The first-order valence-corrected chi connectivity index (χ1v) is 9.90. The molecule has 0 bridgehead atoms. The van der Waals surface area contributed by atoms with Crippen LogP contribution in [-0.4, -0.2) is 33.0 Å². The Morgan fingerprint density at radius 2 is 1.71 bits per heavy atom. The van der Waals surface area contributed by atoms with Gasteiger partial charge in [-0.25, -0.2) is 0 Å². The fraction of sp³-hybridized carbons (Fsp3) is 0.211. The van der Waals surface area contributed by atoms with E-state index < -0.39 is 5.91 Å². The molecule has 0 saturated carbocycles. The minimum absolute atomic E-state index is 0.103. The lowest BCUT2D eigenvalue weighted by Gasteiger charge is -2.11. The van der Waals surface area contributed by atoms with Crippen LogP contribution in [0.2, 0.25) is 5.02 Å². The molecule has 7 nitrogen and oxygen atoms in total. The van der Waals surface area contributed by atoms with E-state index in [9.17, 15) is 4.79 Å². The van der Waals surface area contributed by atoms with E-state index in [-0.39, 0.29) is 12.4 Å². The van der Waals surface area contributed by atoms with Crippen molar-refractivity contribution in [1.82, 2.24) is 14.8 Å². The zero-order chi connectivity index (χ0) is 19.9. The number of nitrogens with two attached hydrogens (primary N) is 1. The van der Waals surface area contributed by atoms with Crippen molar-refractivity contribution in [2.24, 2.45) is 5.73 Å². The Labute approximate surface area is 171 Å². The summed E-state index contributed by atoms with van der Waals surface area (Å²) in [6.45, 7) is 2.73. The number of carbonyl (C=O) groups is 1. The molecular weight excluding hydrogens is 400 g/mol. The number of ether oxygens (including phenoxy) is 2. The smallest absolute Gasteiger partial charge is 0.227 e. The van der Waals surface area contributed by atoms with Crippen molar-refractivity contribution in [3.63, 3.8) is 0 Å². The number of hydrogen-bond donors (Lipinski definition) is 1. The van der Waals surface area contributed by atoms with Gasteiger partial charge in [0.2, 0.25) is 5.91 Å². The molecule has 0 radical (unpaired) electrons. The van der Waals surface area contributed by atoms with Crippen LogP contribution in [0.5, 0.6) is 11.5 Å². The van der Waals surface area contributed by atoms with E-state index in [1.54, 1.807) is 12.1 Å². The van der Waals surface area contributed by atoms with Crippen molar-refractivity contribution in [2.45, 2.75) is 18.7 Å². The van der Waals surface area contributed by atoms with Gasteiger partial charge in [0.05, 0.1) is 12.4 Å². The quantitative estimate of drug-likeness (QED) is 0.535. The molecule has 0 aliphatic heterocycles. The van der Waals surface area contributed by atoms with Gasteiger partial charge < -0.3 is 15.2 Å². The highest BCUT2D eigenvalue weighted by molar-refractivity contribution is 7.99. The largest absolute Gasteiger partial charge is 0.494 e. The van der Waals surface area contributed by atoms with Gasteiger partial charge >= 0.3 is 0 Å². The summed E-state index contributed by atoms with van der Waals surface area (Å²) in [5.41, 5.74) is 6.07. The van der Waals surface area contributed by atoms with Crippen LogP contribution in [0.15, 0.2) is 53.7 Å². The van der Waals surface area contributed by atoms with E-state index in [4.69, 9.17) is 26.8 Å². The molecular formula is C19H19ClN4O3S. The molecule has 28 heavy (non-hydrogen) atoms. The van der Waals surface area contributed by atoms with Crippen LogP contribution in [0.25, 0.3) is 5.69 Å². The van der Waals surface area contributed by atoms with Crippen molar-refractivity contribution in [3.8, 4) is 17.2 Å². The predicted molar refractivity (Wildman–Crippen MR) is 108 cm³/mol. The Balaban J connectivity index is 1.81. The van der Waals surface area contributed by atoms with Crippen LogP contribution < -0.4 is 15.2 Å². The van der Waals surface area contributed by atoms with Gasteiger partial charge in [0.15, 0.2) is 11.0 Å². The van der Waals surface area contributed by atoms with Gasteiger partial charge in [-0.05, 0) is 55.5 Å². The van der Waals surface area contributed by atoms with Gasteiger partial charge in [-0.2, -0.15) is 0 Å². The van der Waals surface area contributed by atoms with Crippen molar-refractivity contribution in [2.75, 3.05) is 12.4 Å². The second kappa shape index (κ2) is 9.48. The summed E-state index contributed by atoms with van der Waals surface area (Å²) in [6, 6.07) is 14.6. The Kier molecular flexibility index (Phi) is 6.78. The summed E-state index contributed by atoms with van der Waals surface area (Å²) in [4.78, 5) is 11.1. The number of hydrogen-bond acceptors (Lipinski definition) is 6. The fourth-order valence-corrected chi connectivity index (χ4v) is 3.25. The summed E-state index contributed by atoms with van der Waals surface area (Å²) in [5.74, 6) is 1.72. The third-order valence-electron chi connectivity index (χ3n) is 3.63. The number of amides is 1. The van der Waals surface area contributed by atoms with Crippen LogP contribution >= 0.6 is 23.4 Å². The summed E-state index contributed by atoms with van der Waals surface area (Å²) in [6.07, 6.45) is 0. The molecule has 0 saturated heterocycles. The molecule has 0 fully saturated rings. The molecule has 0 atom stereocenters. The molecule has 0 aliphatic carbocycles. The topological polar surface area (TPSA) is 92.3 Å². The number of rotatable bonds is 9. The number of aromatic nitrogens is 3. The Hall–Kier alpha value is -2.71. The molecule has 2 N–H and O–H groups in total. The molecule has 3 rings (SSSR count). The van der Waals surface area contributed by atoms with E-state index in [0.29, 0.717) is 28.4 Å². The van der Waals surface area contributed by atoms with Gasteiger partial charge in [0.1, 0.15) is 18.1 Å². The summed E-state index contributed by atoms with van der Waals surface area (Å²) in [7, 11) is 0. The van der Waals surface area contributed by atoms with Crippen molar-refractivity contribution in [1.29, 1.82) is 0 Å². The average molecular weight is 419 g/mol. The van der Waals surface area contributed by atoms with Crippen LogP contribution in [0.3, 0.4) is 0 Å². The lowest BCUT2D eigenvalue weighted by Crippen LogP contribution is -2.14. The molecule has 9 heteroatoms. The number of carbonyl (C=O) groups excluding carboxylic acids is 1. The molecule has 0 unspecified atom stereocenters. The normalized spacial score (nSPS) is 10.6. The standard InChI is InChI=1S/C19H19ClN4O3S/c1-2-26-15-7-9-16(10-8-15)27-11-18-22-23-19(28-12-17(21)25)24(18)14-5-3-13(20)4-6-14/h3-10H,2,11-12H2,1H3,(H2,21,25). The van der Waals surface area contributed by atoms with Gasteiger partial charge in [-0.1, -0.05) is 23.4 Å². The van der Waals surface area contributed by atoms with Crippen LogP contribution in [0.1, 0.15) is 12.7 Å². The fourth-order valence-electron chi connectivity index (χ4n) is 2.42. The summed E-state index contributed by atoms with van der Waals surface area (Å²) >= 11 is 7.20. The first-order valence-electron chi connectivity index (χ1n) is 8.54. The molecule has 146 valence electrons. The first kappa shape index (κ1) is 20.0. The highest BCUT2D eigenvalue weighted by Crippen LogP contribution is 2.24. The summed E-state index contributed by atoms with van der Waals surface area (Å²) in [5, 5.41) is 9.55. The zero-order valence-electron chi connectivity index (χ0n) is 15.2. The third kappa shape index (κ3) is 5.17. The predicted octanol–water partition coefficient (Wildman–Crippen LogP) is 3.48. The van der Waals surface area contributed by atoms with Crippen molar-refractivity contribution < 1.29 is 14.3 Å². The molecule has 1 aromatic heterocycles. The molecule has 2 aromatic carbocycles. The first-order chi connectivity index (χ1) is 13.6. The SMILES string of the molecule is CCOc1ccc(OCc2nnc(SCC(N)=O)n2-c2ccc(Cl)cc2)cc1. The second-order valence-electron chi connectivity index (χ2n) is 5.66. The Morgan fingerprint density at radius 1 is 1.07 bits per heavy atom. The van der Waals surface area contributed by atoms with Crippen molar-refractivity contribution in [3.05, 3.63) is 59.4 Å². The monoisotopic (exact) mass is 418 g/mol. The van der Waals surface area contributed by atoms with E-state index in [0.717, 1.165) is 11.4 Å². The number of primary amides is 1. The number of thioether (sulfide) groups is 1. The summed E-state index contributed by atoms with van der Waals surface area (Å²) < 4.78 is 13.1. The highest BCUT2D eigenvalue weighted by Gasteiger charge is 2.16. The van der Waals surface area contributed by atoms with E-state index in [1.165, 1.54) is 11.8 Å². The second-order valence-corrected chi connectivity index (χ2v) is 7.04. The maximum atomic E-state index is 11.1. The van der Waals surface area contributed by atoms with Gasteiger partial charge in [-0.15, -0.1) is 10.2 Å². The minimum atomic E-state index is -0.428. The molecule has 1 heterocycles. The highest BCUT2D eigenvalue weighted by atomic mass is 35.5. The maximum absolute atomic E-state index is 11.1. The maximum Gasteiger partial charge on any atom is 0.227 e. The lowest BCUT2D eigenvalue weighted by molar-refractivity contribution is -0.115. The minimum Gasteiger partial charge on any atom is -0.494 e. The van der Waals surface area contributed by atoms with E-state index in [1.807, 2.05) is 47.9 Å². The Bertz CT molecular complexity index is 929. The van der Waals surface area contributed by atoms with Crippen LogP contribution in [0.4, 0.5) is 0 Å². The Morgan fingerprint density at radius 3 is 2.32 bits per heavy atom. The van der Waals surface area contributed by atoms with E-state index in [2.05, 4.69) is 10.2 Å². The molecule has 0 aliphatic rings. The number of nitrogens with zero attached hydrogens (tertiary/aromatic N) is 3. The molecule has 0 spiro atoms. The van der Waals surface area contributed by atoms with Gasteiger partial charge in [0, 0.05) is 10.7 Å². The van der Waals surface area contributed by atoms with Gasteiger partial charge in [-0.3, -0.25) is 9.36 Å². The zero-order valence-corrected chi connectivity index (χ0v) is 16.7. The van der Waals surface area contributed by atoms with Gasteiger partial charge in [0.25, 0.3) is 0 Å². The molecule has 3 aromatic rings. The number of benzene rings is 2. The molecule has 1 amide bonds. The lowest BCUT2D eigenvalue weighted by atomic mass is 10.3. The average Bonchev–Trinajstić information content (AvgIpc) is 3.09. The van der Waals surface area contributed by atoms with Crippen molar-refractivity contribution >= 4 is 29.3 Å². The van der Waals surface area contributed by atoms with Crippen LogP contribution in [0, 0.1) is 0 Å². The van der Waals surface area contributed by atoms with Crippen LogP contribution in [-0.2, 0) is 11.4 Å². The number of halogens is 1. The van der Waals surface area contributed by atoms with E-state index >= 15 is 0 Å².